The number of nitrogens with zero attached hydrogens (tertiary/aromatic N) is 1. The van der Waals surface area contributed by atoms with Gasteiger partial charge in [-0.3, -0.25) is 9.59 Å². The van der Waals surface area contributed by atoms with Gasteiger partial charge in [0.05, 0.1) is 0 Å². The van der Waals surface area contributed by atoms with E-state index >= 15 is 0 Å². The van der Waals surface area contributed by atoms with E-state index in [9.17, 15) is 9.59 Å². The number of rotatable bonds is 10. The fraction of sp³-hybridized carbons (Fsp3) is 0.652. The Kier molecular flexibility index (Phi) is 9.48. The highest BCUT2D eigenvalue weighted by molar-refractivity contribution is 5.88. The first-order valence-electron chi connectivity index (χ1n) is 10.8. The van der Waals surface area contributed by atoms with E-state index in [1.807, 2.05) is 19.9 Å². The van der Waals surface area contributed by atoms with Crippen molar-refractivity contribution >= 4 is 11.8 Å². The van der Waals surface area contributed by atoms with Crippen LogP contribution in [0, 0.1) is 11.8 Å². The van der Waals surface area contributed by atoms with Gasteiger partial charge in [-0.05, 0) is 44.3 Å². The van der Waals surface area contributed by atoms with Crippen LogP contribution in [0.1, 0.15) is 57.9 Å². The average molecular weight is 388 g/mol. The zero-order valence-corrected chi connectivity index (χ0v) is 17.7. The lowest BCUT2D eigenvalue weighted by molar-refractivity contribution is -0.132. The van der Waals surface area contributed by atoms with E-state index in [-0.39, 0.29) is 23.7 Å². The minimum atomic E-state index is -0.448. The molecular weight excluding hydrogens is 350 g/mol. The highest BCUT2D eigenvalue weighted by Gasteiger charge is 2.28. The largest absolute Gasteiger partial charge is 0.354 e. The monoisotopic (exact) mass is 387 g/mol. The Hall–Kier alpha value is -1.88. The fourth-order valence-corrected chi connectivity index (χ4v) is 3.82. The standard InChI is InChI=1S/C23H37N3O2/c1-18(2)21(25-22(27)20-13-8-5-9-14-20)23(28)24-15-10-16-26(3)17-19-11-6-4-7-12-19/h4,6-7,11-12,18,20-21H,5,8-10,13-17H2,1-3H3,(H,24,28)(H,25,27)/t21-/m0/s1. The van der Waals surface area contributed by atoms with Crippen LogP contribution in [0.25, 0.3) is 0 Å². The predicted octanol–water partition coefficient (Wildman–Crippen LogP) is 3.35. The third kappa shape index (κ3) is 7.63. The van der Waals surface area contributed by atoms with E-state index < -0.39 is 6.04 Å². The molecular formula is C23H37N3O2. The van der Waals surface area contributed by atoms with Gasteiger partial charge < -0.3 is 15.5 Å². The smallest absolute Gasteiger partial charge is 0.242 e. The maximum absolute atomic E-state index is 12.6. The first-order chi connectivity index (χ1) is 13.5. The van der Waals surface area contributed by atoms with Crippen molar-refractivity contribution in [2.45, 2.75) is 65.0 Å². The number of carbonyl (C=O) groups excluding carboxylic acids is 2. The van der Waals surface area contributed by atoms with Gasteiger partial charge in [0.15, 0.2) is 0 Å². The van der Waals surface area contributed by atoms with Gasteiger partial charge in [0.25, 0.3) is 0 Å². The lowest BCUT2D eigenvalue weighted by Crippen LogP contribution is -2.51. The molecule has 0 saturated heterocycles. The van der Waals surface area contributed by atoms with Gasteiger partial charge in [-0.1, -0.05) is 63.4 Å². The molecule has 0 bridgehead atoms. The van der Waals surface area contributed by atoms with Crippen molar-refractivity contribution in [3.63, 3.8) is 0 Å². The zero-order chi connectivity index (χ0) is 20.4. The number of amides is 2. The summed E-state index contributed by atoms with van der Waals surface area (Å²) in [5, 5.41) is 6.02. The van der Waals surface area contributed by atoms with Crippen molar-refractivity contribution in [2.24, 2.45) is 11.8 Å². The molecule has 5 heteroatoms. The molecule has 2 amide bonds. The Bertz CT molecular complexity index is 597. The Morgan fingerprint density at radius 2 is 1.79 bits per heavy atom. The molecule has 156 valence electrons. The molecule has 0 aromatic heterocycles. The van der Waals surface area contributed by atoms with E-state index in [0.29, 0.717) is 6.54 Å². The van der Waals surface area contributed by atoms with Gasteiger partial charge in [-0.25, -0.2) is 0 Å². The van der Waals surface area contributed by atoms with Crippen LogP contribution in [0.2, 0.25) is 0 Å². The molecule has 0 aliphatic heterocycles. The van der Waals surface area contributed by atoms with Crippen LogP contribution in [0.5, 0.6) is 0 Å². The predicted molar refractivity (Wildman–Crippen MR) is 114 cm³/mol. The summed E-state index contributed by atoms with van der Waals surface area (Å²) in [5.41, 5.74) is 1.29. The third-order valence-corrected chi connectivity index (χ3v) is 5.53. The number of hydrogen-bond acceptors (Lipinski definition) is 3. The number of benzene rings is 1. The summed E-state index contributed by atoms with van der Waals surface area (Å²) in [6, 6.07) is 9.93. The second-order valence-electron chi connectivity index (χ2n) is 8.43. The highest BCUT2D eigenvalue weighted by atomic mass is 16.2. The summed E-state index contributed by atoms with van der Waals surface area (Å²) >= 11 is 0. The molecule has 2 N–H and O–H groups in total. The Morgan fingerprint density at radius 1 is 1.11 bits per heavy atom. The normalized spacial score (nSPS) is 16.2. The van der Waals surface area contributed by atoms with E-state index in [4.69, 9.17) is 0 Å². The van der Waals surface area contributed by atoms with Crippen LogP contribution in [-0.4, -0.2) is 42.9 Å². The van der Waals surface area contributed by atoms with Crippen molar-refractivity contribution in [3.8, 4) is 0 Å². The van der Waals surface area contributed by atoms with Crippen LogP contribution < -0.4 is 10.6 Å². The number of carbonyl (C=O) groups is 2. The summed E-state index contributed by atoms with van der Waals surface area (Å²) in [6.45, 7) is 6.41. The van der Waals surface area contributed by atoms with Gasteiger partial charge >= 0.3 is 0 Å². The second kappa shape index (κ2) is 11.8. The van der Waals surface area contributed by atoms with Crippen LogP contribution in [-0.2, 0) is 16.1 Å². The second-order valence-corrected chi connectivity index (χ2v) is 8.43. The SMILES string of the molecule is CC(C)[C@H](NC(=O)C1CCCCC1)C(=O)NCCCN(C)Cc1ccccc1. The minimum Gasteiger partial charge on any atom is -0.354 e. The van der Waals surface area contributed by atoms with Gasteiger partial charge in [-0.15, -0.1) is 0 Å². The van der Waals surface area contributed by atoms with Crippen molar-refractivity contribution in [2.75, 3.05) is 20.1 Å². The molecule has 0 unspecified atom stereocenters. The zero-order valence-electron chi connectivity index (χ0n) is 17.7. The van der Waals surface area contributed by atoms with Crippen molar-refractivity contribution in [1.29, 1.82) is 0 Å². The molecule has 5 nitrogen and oxygen atoms in total. The minimum absolute atomic E-state index is 0.0520. The molecule has 1 saturated carbocycles. The summed E-state index contributed by atoms with van der Waals surface area (Å²) in [7, 11) is 2.09. The highest BCUT2D eigenvalue weighted by Crippen LogP contribution is 2.24. The Balaban J connectivity index is 1.70. The lowest BCUT2D eigenvalue weighted by atomic mass is 9.88. The van der Waals surface area contributed by atoms with Crippen molar-refractivity contribution < 1.29 is 9.59 Å². The number of hydrogen-bond donors (Lipinski definition) is 2. The van der Waals surface area contributed by atoms with Crippen molar-refractivity contribution in [3.05, 3.63) is 35.9 Å². The summed E-state index contributed by atoms with van der Waals surface area (Å²) < 4.78 is 0. The van der Waals surface area contributed by atoms with E-state index in [1.54, 1.807) is 0 Å². The molecule has 1 aliphatic rings. The Labute approximate surface area is 170 Å². The lowest BCUT2D eigenvalue weighted by Gasteiger charge is -2.26. The van der Waals surface area contributed by atoms with Crippen LogP contribution in [0.4, 0.5) is 0 Å². The van der Waals surface area contributed by atoms with Gasteiger partial charge in [0.1, 0.15) is 6.04 Å². The summed E-state index contributed by atoms with van der Waals surface area (Å²) in [6.07, 6.45) is 6.24. The molecule has 2 rings (SSSR count). The fourth-order valence-electron chi connectivity index (χ4n) is 3.82. The van der Waals surface area contributed by atoms with E-state index in [1.165, 1.54) is 12.0 Å². The molecule has 1 aliphatic carbocycles. The third-order valence-electron chi connectivity index (χ3n) is 5.53. The molecule has 0 heterocycles. The quantitative estimate of drug-likeness (QED) is 0.605. The summed E-state index contributed by atoms with van der Waals surface area (Å²) in [5.74, 6) is 0.142. The molecule has 0 spiro atoms. The Morgan fingerprint density at radius 3 is 2.43 bits per heavy atom. The molecule has 1 atom stereocenters. The molecule has 1 aromatic rings. The summed E-state index contributed by atoms with van der Waals surface area (Å²) in [4.78, 5) is 27.4. The number of nitrogens with one attached hydrogen (secondary N) is 2. The van der Waals surface area contributed by atoms with E-state index in [2.05, 4.69) is 46.8 Å². The molecule has 1 fully saturated rings. The van der Waals surface area contributed by atoms with Crippen molar-refractivity contribution in [1.82, 2.24) is 15.5 Å². The first kappa shape index (κ1) is 22.4. The van der Waals surface area contributed by atoms with Gasteiger partial charge in [0.2, 0.25) is 11.8 Å². The molecule has 1 aromatic carbocycles. The van der Waals surface area contributed by atoms with Crippen LogP contribution in [0.3, 0.4) is 0 Å². The van der Waals surface area contributed by atoms with Crippen LogP contribution >= 0.6 is 0 Å². The topological polar surface area (TPSA) is 61.4 Å². The van der Waals surface area contributed by atoms with Gasteiger partial charge in [-0.2, -0.15) is 0 Å². The average Bonchev–Trinajstić information content (AvgIpc) is 2.70. The van der Waals surface area contributed by atoms with Crippen LogP contribution in [0.15, 0.2) is 30.3 Å². The maximum Gasteiger partial charge on any atom is 0.242 e. The maximum atomic E-state index is 12.6. The van der Waals surface area contributed by atoms with Gasteiger partial charge in [0, 0.05) is 19.0 Å². The first-order valence-corrected chi connectivity index (χ1v) is 10.8. The van der Waals surface area contributed by atoms with E-state index in [0.717, 1.165) is 45.2 Å². The molecule has 28 heavy (non-hydrogen) atoms. The molecule has 0 radical (unpaired) electrons.